The molecular weight excluding hydrogens is 1400 g/mol. The summed E-state index contributed by atoms with van der Waals surface area (Å²) >= 11 is 0. The second kappa shape index (κ2) is 34.5. The summed E-state index contributed by atoms with van der Waals surface area (Å²) in [6.45, 7) is 52.3. The summed E-state index contributed by atoms with van der Waals surface area (Å²) in [5.41, 5.74) is 12.6. The van der Waals surface area contributed by atoms with Gasteiger partial charge in [0.15, 0.2) is 0 Å². The number of hydrogen-bond acceptors (Lipinski definition) is 7. The van der Waals surface area contributed by atoms with Crippen LogP contribution in [0.3, 0.4) is 0 Å². The van der Waals surface area contributed by atoms with Gasteiger partial charge < -0.3 is 30.9 Å². The Bertz CT molecular complexity index is 5060. The minimum Gasteiger partial charge on any atom is -0.461 e. The lowest BCUT2D eigenvalue weighted by Gasteiger charge is -2.27. The van der Waals surface area contributed by atoms with Crippen molar-refractivity contribution in [2.24, 2.45) is 37.9 Å². The standard InChI is InChI=1S/2C14H15F3O.5C14H18O/c1-9-6-11-7-10(4-5-12(11)18-9)8-13(2,3)14(15,16)17;1-9-7-10-5-4-6-11(12(10)18-9)8-13(2,3)14(15,16)17;1-10-7-12-8-11(9-14(2,3)4)5-6-13(12)15-10;1-10-7-12-6-5-11(8-13(12)15-10)9-14(2,3)4;2*1-10-8-12-11(9-14(2,3)4)6-5-7-13(12)15-10;1-10-8-11-6-5-7-12(13(11)15-10)9-14(2,3)4/h2*4-7H,8H2,1-3H3;5*5-8H,9H2,1-4H3. The number of furan rings is 7. The van der Waals surface area contributed by atoms with Crippen molar-refractivity contribution in [3.63, 3.8) is 0 Å². The monoisotopic (exact) mass is 1520 g/mol. The summed E-state index contributed by atoms with van der Waals surface area (Å²) in [7, 11) is 0. The van der Waals surface area contributed by atoms with E-state index in [1.54, 1.807) is 37.3 Å². The van der Waals surface area contributed by atoms with E-state index in [-0.39, 0.29) is 12.8 Å². The Hall–Kier alpha value is -9.10. The minimum absolute atomic E-state index is 0.0311. The van der Waals surface area contributed by atoms with E-state index in [0.29, 0.717) is 55.1 Å². The lowest BCUT2D eigenvalue weighted by Crippen LogP contribution is -2.34. The molecule has 111 heavy (non-hydrogen) atoms. The van der Waals surface area contributed by atoms with Gasteiger partial charge in [-0.1, -0.05) is 216 Å². The number of halogens is 6. The highest BCUT2D eigenvalue weighted by atomic mass is 19.4. The first-order valence-electron chi connectivity index (χ1n) is 38.7. The molecule has 0 radical (unpaired) electrons. The van der Waals surface area contributed by atoms with Gasteiger partial charge >= 0.3 is 12.4 Å². The summed E-state index contributed by atoms with van der Waals surface area (Å²) in [4.78, 5) is 0. The van der Waals surface area contributed by atoms with Crippen molar-refractivity contribution >= 4 is 76.8 Å². The van der Waals surface area contributed by atoms with Gasteiger partial charge in [-0.25, -0.2) is 0 Å². The van der Waals surface area contributed by atoms with Crippen LogP contribution in [0.2, 0.25) is 0 Å². The molecule has 0 aliphatic rings. The molecule has 0 aliphatic heterocycles. The van der Waals surface area contributed by atoms with Crippen LogP contribution >= 0.6 is 0 Å². The molecule has 596 valence electrons. The highest BCUT2D eigenvalue weighted by Crippen LogP contribution is 2.43. The third-order valence-corrected chi connectivity index (χ3v) is 18.6. The van der Waals surface area contributed by atoms with E-state index in [1.165, 1.54) is 82.4 Å². The Morgan fingerprint density at radius 3 is 0.910 bits per heavy atom. The molecule has 0 bridgehead atoms. The SMILES string of the molecule is Cc1cc2c(CC(C)(C)C)cccc2o1.Cc1cc2c(CC(C)(C)C)cccc2o1.Cc1cc2cc(CC(C)(C)C(F)(F)F)ccc2o1.Cc1cc2cc(CC(C)(C)C)ccc2o1.Cc1cc2ccc(CC(C)(C)C)cc2o1.Cc1cc2cccc(CC(C)(C)C(F)(F)F)c2o1.Cc1cc2cccc(CC(C)(C)C)c2o1. The fraction of sp³-hybridized carbons (Fsp3) is 0.429. The van der Waals surface area contributed by atoms with Crippen molar-refractivity contribution in [1.29, 1.82) is 0 Å². The highest BCUT2D eigenvalue weighted by molar-refractivity contribution is 5.85. The largest absolute Gasteiger partial charge is 0.461 e. The van der Waals surface area contributed by atoms with Gasteiger partial charge in [-0.05, 0) is 244 Å². The van der Waals surface area contributed by atoms with Crippen molar-refractivity contribution in [2.45, 2.75) is 237 Å². The topological polar surface area (TPSA) is 92.0 Å². The molecule has 0 spiro atoms. The van der Waals surface area contributed by atoms with Crippen molar-refractivity contribution < 1.29 is 57.3 Å². The Kier molecular flexibility index (Phi) is 27.2. The zero-order valence-electron chi connectivity index (χ0n) is 70.7. The van der Waals surface area contributed by atoms with Crippen LogP contribution in [-0.4, -0.2) is 12.4 Å². The van der Waals surface area contributed by atoms with E-state index < -0.39 is 23.2 Å². The van der Waals surface area contributed by atoms with E-state index in [0.717, 1.165) is 105 Å². The fourth-order valence-electron chi connectivity index (χ4n) is 13.7. The van der Waals surface area contributed by atoms with Crippen LogP contribution in [0.25, 0.3) is 76.8 Å². The highest BCUT2D eigenvalue weighted by Gasteiger charge is 2.48. The Morgan fingerprint density at radius 1 is 0.225 bits per heavy atom. The number of alkyl halides is 6. The van der Waals surface area contributed by atoms with Crippen LogP contribution in [0.15, 0.2) is 201 Å². The molecule has 0 amide bonds. The lowest BCUT2D eigenvalue weighted by atomic mass is 9.84. The van der Waals surface area contributed by atoms with Crippen molar-refractivity contribution in [2.75, 3.05) is 0 Å². The molecule has 14 rings (SSSR count). The van der Waals surface area contributed by atoms with E-state index in [1.807, 2.05) is 71.9 Å². The molecule has 14 aromatic rings. The molecule has 0 saturated heterocycles. The number of aryl methyl sites for hydroxylation is 7. The summed E-state index contributed by atoms with van der Waals surface area (Å²) in [5.74, 6) is 6.42. The van der Waals surface area contributed by atoms with Gasteiger partial charge in [0.25, 0.3) is 0 Å². The molecule has 0 fully saturated rings. The molecule has 0 N–H and O–H groups in total. The predicted octanol–water partition coefficient (Wildman–Crippen LogP) is 31.4. The molecule has 7 nitrogen and oxygen atoms in total. The molecule has 0 unspecified atom stereocenters. The smallest absolute Gasteiger partial charge is 0.394 e. The van der Waals surface area contributed by atoms with E-state index in [9.17, 15) is 26.3 Å². The molecular formula is C98H120F6O7. The quantitative estimate of drug-likeness (QED) is 0.133. The predicted molar refractivity (Wildman–Crippen MR) is 450 cm³/mol. The maximum atomic E-state index is 12.9. The maximum Gasteiger partial charge on any atom is 0.394 e. The van der Waals surface area contributed by atoms with Crippen molar-refractivity contribution in [3.05, 3.63) is 249 Å². The zero-order chi connectivity index (χ0) is 82.4. The average Bonchev–Trinajstić information content (AvgIpc) is 1.79. The first-order valence-corrected chi connectivity index (χ1v) is 38.7. The number of fused-ring (bicyclic) bond motifs is 7. The van der Waals surface area contributed by atoms with Crippen LogP contribution in [0.5, 0.6) is 0 Å². The van der Waals surface area contributed by atoms with Crippen LogP contribution in [0, 0.1) is 86.4 Å². The first-order chi connectivity index (χ1) is 51.1. The van der Waals surface area contributed by atoms with E-state index >= 15 is 0 Å². The van der Waals surface area contributed by atoms with Gasteiger partial charge in [0.1, 0.15) is 79.4 Å². The second-order valence-electron chi connectivity index (χ2n) is 37.7. The first kappa shape index (κ1) is 87.5. The Morgan fingerprint density at radius 2 is 0.514 bits per heavy atom. The van der Waals surface area contributed by atoms with Crippen LogP contribution in [-0.2, 0) is 44.9 Å². The van der Waals surface area contributed by atoms with E-state index in [4.69, 9.17) is 30.9 Å². The third-order valence-electron chi connectivity index (χ3n) is 18.6. The van der Waals surface area contributed by atoms with Crippen LogP contribution in [0.1, 0.15) is 211 Å². The molecule has 0 aliphatic carbocycles. The van der Waals surface area contributed by atoms with E-state index in [2.05, 4.69) is 213 Å². The second-order valence-corrected chi connectivity index (χ2v) is 37.7. The number of benzene rings is 7. The average molecular weight is 1520 g/mol. The van der Waals surface area contributed by atoms with Gasteiger partial charge in [0, 0.05) is 37.7 Å². The van der Waals surface area contributed by atoms with Gasteiger partial charge in [-0.3, -0.25) is 0 Å². The lowest BCUT2D eigenvalue weighted by molar-refractivity contribution is -0.211. The molecule has 0 atom stereocenters. The minimum atomic E-state index is -4.23. The molecule has 7 aromatic heterocycles. The van der Waals surface area contributed by atoms with Gasteiger partial charge in [0.05, 0.1) is 10.8 Å². The fourth-order valence-corrected chi connectivity index (χ4v) is 13.7. The summed E-state index contributed by atoms with van der Waals surface area (Å²) in [6, 6.07) is 56.7. The molecule has 0 saturated carbocycles. The van der Waals surface area contributed by atoms with Crippen molar-refractivity contribution in [3.8, 4) is 0 Å². The molecule has 13 heteroatoms. The van der Waals surface area contributed by atoms with Crippen LogP contribution < -0.4 is 0 Å². The number of hydrogen-bond donors (Lipinski definition) is 0. The Balaban J connectivity index is 0.000000163. The normalized spacial score (nSPS) is 12.6. The molecule has 7 heterocycles. The summed E-state index contributed by atoms with van der Waals surface area (Å²) in [6.07, 6.45) is -3.12. The number of rotatable bonds is 9. The Labute approximate surface area is 654 Å². The maximum absolute atomic E-state index is 12.9. The van der Waals surface area contributed by atoms with Gasteiger partial charge in [-0.2, -0.15) is 26.3 Å². The third kappa shape index (κ3) is 26.0. The summed E-state index contributed by atoms with van der Waals surface area (Å²) < 4.78 is 116. The zero-order valence-corrected chi connectivity index (χ0v) is 70.7. The van der Waals surface area contributed by atoms with Crippen molar-refractivity contribution in [1.82, 2.24) is 0 Å². The summed E-state index contributed by atoms with van der Waals surface area (Å²) in [5, 5.41) is 7.87. The molecule has 7 aromatic carbocycles. The van der Waals surface area contributed by atoms with Gasteiger partial charge in [-0.15, -0.1) is 0 Å². The van der Waals surface area contributed by atoms with Crippen LogP contribution in [0.4, 0.5) is 26.3 Å². The number of para-hydroxylation sites is 2. The van der Waals surface area contributed by atoms with Gasteiger partial charge in [0.2, 0.25) is 0 Å².